The third kappa shape index (κ3) is 4.83. The summed E-state index contributed by atoms with van der Waals surface area (Å²) in [6, 6.07) is 6.89. The lowest BCUT2D eigenvalue weighted by atomic mass is 10.2. The summed E-state index contributed by atoms with van der Waals surface area (Å²) in [5.41, 5.74) is 1.47. The minimum atomic E-state index is -0.309. The first kappa shape index (κ1) is 18.0. The Kier molecular flexibility index (Phi) is 6.26. The number of anilines is 1. The number of carbonyl (C=O) groups is 1. The number of ether oxygens (including phenoxy) is 1. The molecule has 23 heavy (non-hydrogen) atoms. The molecule has 0 aliphatic rings. The van der Waals surface area contributed by atoms with Crippen LogP contribution in [0.15, 0.2) is 30.3 Å². The Hall–Kier alpha value is -1.31. The fourth-order valence-electron chi connectivity index (χ4n) is 1.87. The van der Waals surface area contributed by atoms with E-state index in [1.54, 1.807) is 24.3 Å². The molecule has 0 aliphatic carbocycles. The average Bonchev–Trinajstić information content (AvgIpc) is 2.48. The number of hydrogen-bond donors (Lipinski definition) is 1. The maximum absolute atomic E-state index is 12.0. The number of nitrogens with zero attached hydrogens (tertiary/aromatic N) is 1. The molecule has 0 saturated heterocycles. The first-order valence-corrected chi connectivity index (χ1v) is 8.39. The van der Waals surface area contributed by atoms with Gasteiger partial charge < -0.3 is 10.1 Å². The van der Waals surface area contributed by atoms with Crippen LogP contribution in [0.2, 0.25) is 10.0 Å². The molecule has 0 aliphatic heterocycles. The Morgan fingerprint density at radius 2 is 2.09 bits per heavy atom. The van der Waals surface area contributed by atoms with E-state index in [1.165, 1.54) is 13.2 Å². The largest absolute Gasteiger partial charge is 0.495 e. The van der Waals surface area contributed by atoms with Crippen molar-refractivity contribution >= 4 is 63.6 Å². The molecular formula is C16H13Cl2IN2O2. The van der Waals surface area contributed by atoms with Crippen molar-refractivity contribution in [1.82, 2.24) is 4.98 Å². The molecule has 0 fully saturated rings. The van der Waals surface area contributed by atoms with Crippen LogP contribution >= 0.6 is 45.8 Å². The predicted molar refractivity (Wildman–Crippen MR) is 102 cm³/mol. The Morgan fingerprint density at radius 1 is 1.35 bits per heavy atom. The summed E-state index contributed by atoms with van der Waals surface area (Å²) in [7, 11) is 1.50. The summed E-state index contributed by atoms with van der Waals surface area (Å²) < 4.78 is 6.26. The number of methoxy groups -OCH3 is 1. The Morgan fingerprint density at radius 3 is 2.74 bits per heavy atom. The molecule has 1 amide bonds. The van der Waals surface area contributed by atoms with E-state index in [0.717, 1.165) is 9.26 Å². The zero-order valence-corrected chi connectivity index (χ0v) is 16.0. The van der Waals surface area contributed by atoms with Gasteiger partial charge in [-0.05, 0) is 59.9 Å². The fourth-order valence-corrected chi connectivity index (χ4v) is 2.75. The highest BCUT2D eigenvalue weighted by Gasteiger charge is 2.08. The molecule has 7 heteroatoms. The second kappa shape index (κ2) is 7.99. The maximum Gasteiger partial charge on any atom is 0.249 e. The number of carbonyl (C=O) groups excluding carboxylic acids is 1. The van der Waals surface area contributed by atoms with Crippen molar-refractivity contribution < 1.29 is 9.53 Å². The number of pyridine rings is 1. The van der Waals surface area contributed by atoms with Gasteiger partial charge in [-0.3, -0.25) is 4.79 Å². The normalized spacial score (nSPS) is 10.8. The van der Waals surface area contributed by atoms with Crippen LogP contribution < -0.4 is 10.1 Å². The minimum Gasteiger partial charge on any atom is -0.495 e. The van der Waals surface area contributed by atoms with Crippen molar-refractivity contribution in [2.24, 2.45) is 0 Å². The van der Waals surface area contributed by atoms with E-state index < -0.39 is 0 Å². The van der Waals surface area contributed by atoms with Gasteiger partial charge in [-0.1, -0.05) is 23.2 Å². The second-order valence-corrected chi connectivity index (χ2v) is 6.60. The molecular weight excluding hydrogens is 450 g/mol. The number of benzene rings is 1. The quantitative estimate of drug-likeness (QED) is 0.516. The van der Waals surface area contributed by atoms with Gasteiger partial charge in [-0.15, -0.1) is 0 Å². The predicted octanol–water partition coefficient (Wildman–Crippen LogP) is 4.96. The molecule has 0 atom stereocenters. The Bertz CT molecular complexity index is 779. The van der Waals surface area contributed by atoms with Gasteiger partial charge in [0, 0.05) is 20.2 Å². The van der Waals surface area contributed by atoms with Crippen LogP contribution in [0.1, 0.15) is 11.3 Å². The van der Waals surface area contributed by atoms with Gasteiger partial charge in [0.2, 0.25) is 5.91 Å². The molecule has 1 heterocycles. The second-order valence-electron chi connectivity index (χ2n) is 4.60. The van der Waals surface area contributed by atoms with Crippen molar-refractivity contribution in [3.8, 4) is 5.75 Å². The van der Waals surface area contributed by atoms with Crippen LogP contribution in [0, 0.1) is 10.5 Å². The van der Waals surface area contributed by atoms with Gasteiger partial charge >= 0.3 is 0 Å². The highest BCUT2D eigenvalue weighted by Crippen LogP contribution is 2.32. The zero-order valence-electron chi connectivity index (χ0n) is 12.4. The number of amides is 1. The van der Waals surface area contributed by atoms with E-state index in [9.17, 15) is 4.79 Å². The lowest BCUT2D eigenvalue weighted by Gasteiger charge is -2.08. The summed E-state index contributed by atoms with van der Waals surface area (Å²) in [5.74, 6) is 0.647. The number of hydrogen-bond acceptors (Lipinski definition) is 3. The number of aromatic nitrogens is 1. The summed E-state index contributed by atoms with van der Waals surface area (Å²) >= 11 is 14.2. The van der Waals surface area contributed by atoms with Crippen LogP contribution in [-0.4, -0.2) is 18.0 Å². The third-order valence-electron chi connectivity index (χ3n) is 2.93. The van der Waals surface area contributed by atoms with E-state index >= 15 is 0 Å². The van der Waals surface area contributed by atoms with E-state index in [1.807, 2.05) is 13.0 Å². The van der Waals surface area contributed by atoms with E-state index in [-0.39, 0.29) is 5.91 Å². The maximum atomic E-state index is 12.0. The first-order chi connectivity index (χ1) is 10.9. The lowest BCUT2D eigenvalue weighted by molar-refractivity contribution is -0.111. The van der Waals surface area contributed by atoms with E-state index in [2.05, 4.69) is 32.9 Å². The van der Waals surface area contributed by atoms with Crippen LogP contribution in [0.3, 0.4) is 0 Å². The molecule has 0 saturated carbocycles. The molecule has 0 unspecified atom stereocenters. The SMILES string of the molecule is COc1c(Cl)cc(Cl)cc1/C=C/C(=O)Nc1ccc(I)c(C)n1. The minimum absolute atomic E-state index is 0.309. The van der Waals surface area contributed by atoms with E-state index in [4.69, 9.17) is 27.9 Å². The Balaban J connectivity index is 2.16. The molecule has 1 N–H and O–H groups in total. The molecule has 1 aromatic heterocycles. The van der Waals surface area contributed by atoms with Crippen LogP contribution in [0.25, 0.3) is 6.08 Å². The molecule has 1 aromatic carbocycles. The molecule has 0 bridgehead atoms. The standard InChI is InChI=1S/C16H13Cl2IN2O2/c1-9-13(19)4-5-14(20-9)21-15(22)6-3-10-7-11(17)8-12(18)16(10)23-2/h3-8H,1-2H3,(H,20,21,22)/b6-3+. The van der Waals surface area contributed by atoms with Crippen molar-refractivity contribution in [2.75, 3.05) is 12.4 Å². The summed E-state index contributed by atoms with van der Waals surface area (Å²) in [4.78, 5) is 16.3. The molecule has 2 rings (SSSR count). The van der Waals surface area contributed by atoms with Crippen molar-refractivity contribution in [3.63, 3.8) is 0 Å². The van der Waals surface area contributed by atoms with Crippen LogP contribution in [0.4, 0.5) is 5.82 Å². The highest BCUT2D eigenvalue weighted by atomic mass is 127. The average molecular weight is 463 g/mol. The van der Waals surface area contributed by atoms with Gasteiger partial charge in [0.25, 0.3) is 0 Å². The van der Waals surface area contributed by atoms with E-state index in [0.29, 0.717) is 27.2 Å². The molecule has 120 valence electrons. The van der Waals surface area contributed by atoms with Gasteiger partial charge in [-0.25, -0.2) is 4.98 Å². The fraction of sp³-hybridized carbons (Fsp3) is 0.125. The third-order valence-corrected chi connectivity index (χ3v) is 4.57. The van der Waals surface area contributed by atoms with Crippen molar-refractivity contribution in [1.29, 1.82) is 0 Å². The molecule has 0 radical (unpaired) electrons. The number of rotatable bonds is 4. The molecule has 2 aromatic rings. The first-order valence-electron chi connectivity index (χ1n) is 6.56. The van der Waals surface area contributed by atoms with Gasteiger partial charge in [0.15, 0.2) is 0 Å². The number of nitrogens with one attached hydrogen (secondary N) is 1. The topological polar surface area (TPSA) is 51.2 Å². The number of aryl methyl sites for hydroxylation is 1. The van der Waals surface area contributed by atoms with Gasteiger partial charge in [0.05, 0.1) is 17.8 Å². The molecule has 0 spiro atoms. The van der Waals surface area contributed by atoms with Crippen molar-refractivity contribution in [3.05, 3.63) is 55.2 Å². The number of halogens is 3. The van der Waals surface area contributed by atoms with Gasteiger partial charge in [-0.2, -0.15) is 0 Å². The molecule has 4 nitrogen and oxygen atoms in total. The summed E-state index contributed by atoms with van der Waals surface area (Å²) in [5, 5.41) is 3.55. The van der Waals surface area contributed by atoms with Gasteiger partial charge in [0.1, 0.15) is 11.6 Å². The zero-order chi connectivity index (χ0) is 17.0. The van der Waals surface area contributed by atoms with Crippen LogP contribution in [-0.2, 0) is 4.79 Å². The monoisotopic (exact) mass is 462 g/mol. The Labute approximate surface area is 158 Å². The smallest absolute Gasteiger partial charge is 0.249 e. The van der Waals surface area contributed by atoms with Crippen LogP contribution in [0.5, 0.6) is 5.75 Å². The summed E-state index contributed by atoms with van der Waals surface area (Å²) in [6.07, 6.45) is 2.96. The highest BCUT2D eigenvalue weighted by molar-refractivity contribution is 14.1. The lowest BCUT2D eigenvalue weighted by Crippen LogP contribution is -2.09. The summed E-state index contributed by atoms with van der Waals surface area (Å²) in [6.45, 7) is 1.88. The van der Waals surface area contributed by atoms with Crippen molar-refractivity contribution in [2.45, 2.75) is 6.92 Å².